The fourth-order valence-electron chi connectivity index (χ4n) is 1.73. The van der Waals surface area contributed by atoms with Crippen molar-refractivity contribution in [1.82, 2.24) is 9.55 Å². The topological polar surface area (TPSA) is 27.1 Å². The molecule has 2 aromatic rings. The molecule has 19 heavy (non-hydrogen) atoms. The highest BCUT2D eigenvalue weighted by Gasteiger charge is 2.11. The van der Waals surface area contributed by atoms with Gasteiger partial charge >= 0.3 is 6.55 Å². The molecular weight excluding hydrogens is 250 g/mol. The Bertz CT molecular complexity index is 520. The van der Waals surface area contributed by atoms with E-state index in [1.807, 2.05) is 24.3 Å². The highest BCUT2D eigenvalue weighted by Crippen LogP contribution is 2.20. The third-order valence-corrected chi connectivity index (χ3v) is 2.87. The predicted octanol–water partition coefficient (Wildman–Crippen LogP) is 3.98. The fraction of sp³-hybridized carbons (Fsp3) is 0.357. The molecule has 0 fully saturated rings. The summed E-state index contributed by atoms with van der Waals surface area (Å²) in [4.78, 5) is 3.86. The molecule has 0 saturated heterocycles. The molecule has 0 atom stereocenters. The molecular formula is C14H16F2N2O. The summed E-state index contributed by atoms with van der Waals surface area (Å²) in [5, 5.41) is 0. The lowest BCUT2D eigenvalue weighted by atomic mass is 10.0. The van der Waals surface area contributed by atoms with Gasteiger partial charge in [0, 0.05) is 12.4 Å². The second-order valence-corrected chi connectivity index (χ2v) is 4.54. The Kier molecular flexibility index (Phi) is 4.14. The van der Waals surface area contributed by atoms with E-state index in [-0.39, 0.29) is 12.4 Å². The van der Waals surface area contributed by atoms with Gasteiger partial charge in [-0.05, 0) is 23.6 Å². The monoisotopic (exact) mass is 266 g/mol. The molecule has 0 radical (unpaired) electrons. The number of hydrogen-bond donors (Lipinski definition) is 0. The molecule has 5 heteroatoms. The van der Waals surface area contributed by atoms with E-state index in [0.717, 1.165) is 4.57 Å². The van der Waals surface area contributed by atoms with Crippen molar-refractivity contribution < 1.29 is 13.5 Å². The molecule has 0 spiro atoms. The number of imidazole rings is 1. The molecule has 0 N–H and O–H groups in total. The molecule has 1 heterocycles. The van der Waals surface area contributed by atoms with Crippen LogP contribution >= 0.6 is 0 Å². The summed E-state index contributed by atoms with van der Waals surface area (Å²) in [6.07, 6.45) is 2.58. The fourth-order valence-corrected chi connectivity index (χ4v) is 1.73. The first-order valence-corrected chi connectivity index (χ1v) is 6.10. The summed E-state index contributed by atoms with van der Waals surface area (Å²) in [6, 6.07) is 7.62. The van der Waals surface area contributed by atoms with Gasteiger partial charge < -0.3 is 4.74 Å². The average molecular weight is 266 g/mol. The van der Waals surface area contributed by atoms with Crippen LogP contribution in [0, 0.1) is 0 Å². The number of aromatic nitrogens is 2. The largest absolute Gasteiger partial charge is 0.486 e. The van der Waals surface area contributed by atoms with Crippen LogP contribution in [0.25, 0.3) is 0 Å². The van der Waals surface area contributed by atoms with Crippen molar-refractivity contribution in [3.63, 3.8) is 0 Å². The zero-order chi connectivity index (χ0) is 13.8. The molecule has 3 nitrogen and oxygen atoms in total. The van der Waals surface area contributed by atoms with E-state index in [1.165, 1.54) is 18.0 Å². The maximum Gasteiger partial charge on any atom is 0.320 e. The second kappa shape index (κ2) is 5.82. The Balaban J connectivity index is 2.00. The van der Waals surface area contributed by atoms with Crippen LogP contribution in [-0.2, 0) is 6.61 Å². The van der Waals surface area contributed by atoms with Crippen LogP contribution in [0.5, 0.6) is 5.75 Å². The van der Waals surface area contributed by atoms with Gasteiger partial charge in [0.05, 0.1) is 0 Å². The highest BCUT2D eigenvalue weighted by atomic mass is 19.3. The van der Waals surface area contributed by atoms with Gasteiger partial charge in [-0.25, -0.2) is 4.98 Å². The van der Waals surface area contributed by atoms with E-state index in [1.54, 1.807) is 0 Å². The van der Waals surface area contributed by atoms with Crippen LogP contribution in [-0.4, -0.2) is 9.55 Å². The normalized spacial score (nSPS) is 11.3. The smallest absolute Gasteiger partial charge is 0.320 e. The summed E-state index contributed by atoms with van der Waals surface area (Å²) in [5.41, 5.74) is 1.21. The number of halogens is 2. The Morgan fingerprint density at radius 3 is 2.47 bits per heavy atom. The minimum absolute atomic E-state index is 0.0262. The third kappa shape index (κ3) is 3.30. The van der Waals surface area contributed by atoms with Crippen molar-refractivity contribution in [2.75, 3.05) is 0 Å². The van der Waals surface area contributed by atoms with Gasteiger partial charge in [0.15, 0.2) is 5.82 Å². The number of rotatable bonds is 5. The zero-order valence-corrected chi connectivity index (χ0v) is 10.9. The molecule has 1 aromatic heterocycles. The molecule has 0 aliphatic heterocycles. The van der Waals surface area contributed by atoms with E-state index >= 15 is 0 Å². The maximum absolute atomic E-state index is 12.6. The van der Waals surface area contributed by atoms with Crippen LogP contribution < -0.4 is 4.74 Å². The molecule has 0 aliphatic rings. The Labute approximate surface area is 110 Å². The van der Waals surface area contributed by atoms with Gasteiger partial charge in [0.1, 0.15) is 12.4 Å². The van der Waals surface area contributed by atoms with Crippen LogP contribution in [0.15, 0.2) is 36.7 Å². The second-order valence-electron chi connectivity index (χ2n) is 4.54. The maximum atomic E-state index is 12.6. The molecule has 102 valence electrons. The molecule has 0 unspecified atom stereocenters. The van der Waals surface area contributed by atoms with Gasteiger partial charge in [0.25, 0.3) is 0 Å². The van der Waals surface area contributed by atoms with Gasteiger partial charge in [-0.3, -0.25) is 4.57 Å². The summed E-state index contributed by atoms with van der Waals surface area (Å²) >= 11 is 0. The first kappa shape index (κ1) is 13.5. The number of hydrogen-bond acceptors (Lipinski definition) is 2. The number of nitrogens with zero attached hydrogens (tertiary/aromatic N) is 2. The third-order valence-electron chi connectivity index (χ3n) is 2.87. The van der Waals surface area contributed by atoms with Crippen molar-refractivity contribution in [2.24, 2.45) is 0 Å². The minimum atomic E-state index is -2.59. The Morgan fingerprint density at radius 2 is 1.89 bits per heavy atom. The lowest BCUT2D eigenvalue weighted by molar-refractivity contribution is 0.0632. The van der Waals surface area contributed by atoms with Gasteiger partial charge in [-0.15, -0.1) is 0 Å². The predicted molar refractivity (Wildman–Crippen MR) is 68.3 cm³/mol. The van der Waals surface area contributed by atoms with Gasteiger partial charge in [-0.2, -0.15) is 8.78 Å². The summed E-state index contributed by atoms with van der Waals surface area (Å²) < 4.78 is 31.4. The summed E-state index contributed by atoms with van der Waals surface area (Å²) in [7, 11) is 0. The van der Waals surface area contributed by atoms with Crippen molar-refractivity contribution in [3.05, 3.63) is 48.0 Å². The molecule has 0 amide bonds. The summed E-state index contributed by atoms with van der Waals surface area (Å²) in [6.45, 7) is 1.65. The van der Waals surface area contributed by atoms with E-state index < -0.39 is 6.55 Å². The molecule has 0 saturated carbocycles. The van der Waals surface area contributed by atoms with E-state index in [2.05, 4.69) is 18.8 Å². The zero-order valence-electron chi connectivity index (χ0n) is 10.9. The van der Waals surface area contributed by atoms with Crippen LogP contribution in [0.2, 0.25) is 0 Å². The number of benzene rings is 1. The lowest BCUT2D eigenvalue weighted by Crippen LogP contribution is -2.07. The summed E-state index contributed by atoms with van der Waals surface area (Å²) in [5.74, 6) is 1.31. The van der Waals surface area contributed by atoms with Crippen LogP contribution in [0.1, 0.15) is 37.7 Å². The molecule has 2 rings (SSSR count). The van der Waals surface area contributed by atoms with E-state index in [9.17, 15) is 8.78 Å². The molecule has 0 bridgehead atoms. The van der Waals surface area contributed by atoms with E-state index in [0.29, 0.717) is 11.7 Å². The van der Waals surface area contributed by atoms with Crippen molar-refractivity contribution >= 4 is 0 Å². The Hall–Kier alpha value is -1.91. The van der Waals surface area contributed by atoms with Crippen LogP contribution in [0.3, 0.4) is 0 Å². The Morgan fingerprint density at radius 1 is 1.21 bits per heavy atom. The van der Waals surface area contributed by atoms with Crippen molar-refractivity contribution in [2.45, 2.75) is 32.9 Å². The number of ether oxygens (including phenoxy) is 1. The lowest BCUT2D eigenvalue weighted by Gasteiger charge is -2.10. The van der Waals surface area contributed by atoms with Crippen molar-refractivity contribution in [1.29, 1.82) is 0 Å². The SMILES string of the molecule is CC(C)c1ccc(OCc2nccn2C(F)F)cc1. The quantitative estimate of drug-likeness (QED) is 0.818. The van der Waals surface area contributed by atoms with Crippen LogP contribution in [0.4, 0.5) is 8.78 Å². The van der Waals surface area contributed by atoms with Gasteiger partial charge in [0.2, 0.25) is 0 Å². The van der Waals surface area contributed by atoms with E-state index in [4.69, 9.17) is 4.74 Å². The highest BCUT2D eigenvalue weighted by molar-refractivity contribution is 5.28. The number of alkyl halides is 2. The standard InChI is InChI=1S/C14H16F2N2O/c1-10(2)11-3-5-12(6-4-11)19-9-13-17-7-8-18(13)14(15)16/h3-8,10,14H,9H2,1-2H3. The first-order valence-electron chi connectivity index (χ1n) is 6.10. The average Bonchev–Trinajstić information content (AvgIpc) is 2.85. The first-order chi connectivity index (χ1) is 9.08. The molecule has 0 aliphatic carbocycles. The molecule has 1 aromatic carbocycles. The minimum Gasteiger partial charge on any atom is -0.486 e. The van der Waals surface area contributed by atoms with Gasteiger partial charge in [-0.1, -0.05) is 26.0 Å². The van der Waals surface area contributed by atoms with Crippen molar-refractivity contribution in [3.8, 4) is 5.75 Å².